The lowest BCUT2D eigenvalue weighted by atomic mass is 9.91. The van der Waals surface area contributed by atoms with E-state index >= 15 is 0 Å². The first kappa shape index (κ1) is 22.8. The summed E-state index contributed by atoms with van der Waals surface area (Å²) in [5, 5.41) is 14.5. The summed E-state index contributed by atoms with van der Waals surface area (Å²) in [5.74, 6) is -0.339. The smallest absolute Gasteiger partial charge is 0.341 e. The van der Waals surface area contributed by atoms with Crippen molar-refractivity contribution in [3.63, 3.8) is 0 Å². The second kappa shape index (κ2) is 9.80. The van der Waals surface area contributed by atoms with E-state index in [0.717, 1.165) is 31.2 Å². The van der Waals surface area contributed by atoms with Gasteiger partial charge in [0, 0.05) is 10.0 Å². The number of halogens is 3. The molecule has 6 nitrogen and oxygen atoms in total. The van der Waals surface area contributed by atoms with Gasteiger partial charge in [-0.05, 0) is 67.1 Å². The topological polar surface area (TPSA) is 107 Å². The minimum absolute atomic E-state index is 0.0324. The fraction of sp³-hybridized carbons (Fsp3) is 0.278. The van der Waals surface area contributed by atoms with Crippen LogP contribution in [-0.2, 0) is 27.7 Å². The van der Waals surface area contributed by atoms with Crippen molar-refractivity contribution < 1.29 is 23.1 Å². The summed E-state index contributed by atoms with van der Waals surface area (Å²) in [6, 6.07) is 7.65. The maximum absolute atomic E-state index is 10.8. The molecule has 1 aliphatic carbocycles. The molecule has 0 unspecified atom stereocenters. The van der Waals surface area contributed by atoms with Gasteiger partial charge in [0.25, 0.3) is 0 Å². The molecule has 0 amide bonds. The van der Waals surface area contributed by atoms with Crippen LogP contribution in [0.1, 0.15) is 24.0 Å². The predicted octanol–water partition coefficient (Wildman–Crippen LogP) is 4.32. The molecule has 2 aromatic rings. The number of sulfonamides is 1. The number of fused-ring (bicyclic) bond motifs is 1. The molecule has 2 aromatic carbocycles. The molecule has 0 aromatic heterocycles. The van der Waals surface area contributed by atoms with E-state index in [9.17, 15) is 13.2 Å². The zero-order valence-electron chi connectivity index (χ0n) is 14.6. The van der Waals surface area contributed by atoms with Gasteiger partial charge in [0.1, 0.15) is 10.6 Å². The molecule has 0 radical (unpaired) electrons. The van der Waals surface area contributed by atoms with Crippen LogP contribution < -0.4 is 9.88 Å². The lowest BCUT2D eigenvalue weighted by Gasteiger charge is -2.19. The van der Waals surface area contributed by atoms with Gasteiger partial charge in [-0.3, -0.25) is 0 Å². The van der Waals surface area contributed by atoms with E-state index in [1.807, 2.05) is 6.07 Å². The first-order valence-electron chi connectivity index (χ1n) is 8.21. The largest absolute Gasteiger partial charge is 0.482 e. The van der Waals surface area contributed by atoms with Crippen molar-refractivity contribution in [2.75, 3.05) is 6.61 Å². The number of ether oxygens (including phenoxy) is 1. The maximum atomic E-state index is 10.8. The molecular weight excluding hydrogens is 449 g/mol. The average Bonchev–Trinajstić information content (AvgIpc) is 2.58. The van der Waals surface area contributed by atoms with Gasteiger partial charge in [-0.15, -0.1) is 0 Å². The number of aryl methyl sites for hydroxylation is 1. The molecule has 0 bridgehead atoms. The van der Waals surface area contributed by atoms with Crippen LogP contribution in [0, 0.1) is 0 Å². The molecule has 152 valence electrons. The number of carbonyl (C=O) groups is 1. The van der Waals surface area contributed by atoms with Gasteiger partial charge in [-0.1, -0.05) is 34.8 Å². The summed E-state index contributed by atoms with van der Waals surface area (Å²) in [5.41, 5.74) is 2.32. The number of carboxylic acids is 1. The van der Waals surface area contributed by atoms with Crippen LogP contribution in [-0.4, -0.2) is 26.1 Å². The maximum Gasteiger partial charge on any atom is 0.341 e. The zero-order valence-corrected chi connectivity index (χ0v) is 17.7. The summed E-state index contributed by atoms with van der Waals surface area (Å²) in [6.45, 7) is -0.313. The third-order valence-electron chi connectivity index (χ3n) is 3.94. The third kappa shape index (κ3) is 6.53. The zero-order chi connectivity index (χ0) is 20.9. The predicted molar refractivity (Wildman–Crippen MR) is 109 cm³/mol. The van der Waals surface area contributed by atoms with Gasteiger partial charge >= 0.3 is 5.97 Å². The highest BCUT2D eigenvalue weighted by Gasteiger charge is 2.16. The van der Waals surface area contributed by atoms with Crippen LogP contribution in [0.3, 0.4) is 0 Å². The minimum Gasteiger partial charge on any atom is -0.482 e. The molecule has 3 rings (SSSR count). The molecule has 0 saturated carbocycles. The second-order valence-corrected chi connectivity index (χ2v) is 8.86. The van der Waals surface area contributed by atoms with Crippen LogP contribution in [0.4, 0.5) is 0 Å². The van der Waals surface area contributed by atoms with Crippen molar-refractivity contribution in [3.8, 4) is 5.75 Å². The highest BCUT2D eigenvalue weighted by molar-refractivity contribution is 7.89. The van der Waals surface area contributed by atoms with Crippen LogP contribution in [0.25, 0.3) is 0 Å². The summed E-state index contributed by atoms with van der Waals surface area (Å²) >= 11 is 17.1. The molecule has 3 N–H and O–H groups in total. The van der Waals surface area contributed by atoms with Gasteiger partial charge in [0.15, 0.2) is 6.61 Å². The van der Waals surface area contributed by atoms with Gasteiger partial charge < -0.3 is 9.84 Å². The van der Waals surface area contributed by atoms with Crippen LogP contribution >= 0.6 is 34.8 Å². The number of primary sulfonamides is 1. The van der Waals surface area contributed by atoms with Crippen molar-refractivity contribution in [1.29, 1.82) is 0 Å². The Morgan fingerprint density at radius 2 is 1.75 bits per heavy atom. The molecule has 1 aliphatic rings. The quantitative estimate of drug-likeness (QED) is 0.698. The molecule has 0 aliphatic heterocycles. The van der Waals surface area contributed by atoms with Crippen molar-refractivity contribution in [2.45, 2.75) is 30.6 Å². The lowest BCUT2D eigenvalue weighted by molar-refractivity contribution is -0.139. The Balaban J connectivity index is 0.000000209. The Morgan fingerprint density at radius 1 is 1.07 bits per heavy atom. The normalized spacial score (nSPS) is 13.1. The molecule has 0 fully saturated rings. The molecule has 0 saturated heterocycles. The highest BCUT2D eigenvalue weighted by Crippen LogP contribution is 2.33. The standard InChI is InChI=1S/C12H13ClO3.C6H5Cl2NO2S/c13-9-5-8-3-1-2-4-10(8)11(6-9)16-7-12(14)15;7-4-1-2-6(5(8)3-4)12(9,10)11/h5-6H,1-4,7H2,(H,14,15);1-3H,(H2,9,10,11). The first-order valence-corrected chi connectivity index (χ1v) is 10.9. The van der Waals surface area contributed by atoms with Crippen molar-refractivity contribution in [1.82, 2.24) is 0 Å². The molecule has 0 atom stereocenters. The second-order valence-electron chi connectivity index (χ2n) is 6.05. The number of nitrogens with two attached hydrogens (primary N) is 1. The van der Waals surface area contributed by atoms with Crippen molar-refractivity contribution in [3.05, 3.63) is 56.5 Å². The number of rotatable bonds is 4. The van der Waals surface area contributed by atoms with Crippen LogP contribution in [0.15, 0.2) is 35.2 Å². The summed E-state index contributed by atoms with van der Waals surface area (Å²) < 4.78 is 26.9. The fourth-order valence-electron chi connectivity index (χ4n) is 2.76. The summed E-state index contributed by atoms with van der Waals surface area (Å²) in [6.07, 6.45) is 4.23. The third-order valence-corrected chi connectivity index (χ3v) is 5.79. The van der Waals surface area contributed by atoms with Gasteiger partial charge in [-0.25, -0.2) is 18.4 Å². The van der Waals surface area contributed by atoms with Crippen LogP contribution in [0.5, 0.6) is 5.75 Å². The molecular formula is C18H18Cl3NO5S. The number of carboxylic acid groups (broad SMARTS) is 1. The summed E-state index contributed by atoms with van der Waals surface area (Å²) in [4.78, 5) is 10.4. The van der Waals surface area contributed by atoms with Crippen molar-refractivity contribution in [2.24, 2.45) is 5.14 Å². The van der Waals surface area contributed by atoms with Gasteiger partial charge in [-0.2, -0.15) is 0 Å². The summed E-state index contributed by atoms with van der Waals surface area (Å²) in [7, 11) is -3.74. The van der Waals surface area contributed by atoms with E-state index in [0.29, 0.717) is 15.8 Å². The Hall–Kier alpha value is -1.51. The lowest BCUT2D eigenvalue weighted by Crippen LogP contribution is -2.12. The number of hydrogen-bond donors (Lipinski definition) is 2. The minimum atomic E-state index is -3.74. The van der Waals surface area contributed by atoms with Gasteiger partial charge in [0.05, 0.1) is 5.02 Å². The van der Waals surface area contributed by atoms with Crippen molar-refractivity contribution >= 4 is 50.8 Å². The Kier molecular flexibility index (Phi) is 7.97. The van der Waals surface area contributed by atoms with E-state index in [1.54, 1.807) is 6.07 Å². The van der Waals surface area contributed by atoms with E-state index in [1.165, 1.54) is 23.8 Å². The molecule has 0 spiro atoms. The Labute approximate surface area is 178 Å². The molecule has 28 heavy (non-hydrogen) atoms. The SMILES string of the molecule is NS(=O)(=O)c1ccc(Cl)cc1Cl.O=C(O)COc1cc(Cl)cc2c1CCCC2. The molecule has 10 heteroatoms. The van der Waals surface area contributed by atoms with Crippen LogP contribution in [0.2, 0.25) is 15.1 Å². The number of benzene rings is 2. The fourth-order valence-corrected chi connectivity index (χ4v) is 4.31. The number of hydrogen-bond acceptors (Lipinski definition) is 4. The van der Waals surface area contributed by atoms with Gasteiger partial charge in [0.2, 0.25) is 10.0 Å². The monoisotopic (exact) mass is 465 g/mol. The molecule has 0 heterocycles. The highest BCUT2D eigenvalue weighted by atomic mass is 35.5. The number of aliphatic carboxylic acids is 1. The Morgan fingerprint density at radius 3 is 2.36 bits per heavy atom. The first-order chi connectivity index (χ1) is 13.1. The average molecular weight is 467 g/mol. The van der Waals surface area contributed by atoms with E-state index < -0.39 is 16.0 Å². The van der Waals surface area contributed by atoms with E-state index in [-0.39, 0.29) is 16.5 Å². The van der Waals surface area contributed by atoms with E-state index in [2.05, 4.69) is 0 Å². The van der Waals surface area contributed by atoms with E-state index in [4.69, 9.17) is 49.8 Å². The Bertz CT molecular complexity index is 979.